The van der Waals surface area contributed by atoms with E-state index in [0.717, 1.165) is 53.4 Å². The van der Waals surface area contributed by atoms with E-state index < -0.39 is 5.54 Å². The summed E-state index contributed by atoms with van der Waals surface area (Å²) in [4.78, 5) is 36.3. The van der Waals surface area contributed by atoms with Gasteiger partial charge in [-0.2, -0.15) is 0 Å². The molecule has 1 aliphatic carbocycles. The van der Waals surface area contributed by atoms with Crippen molar-refractivity contribution in [3.05, 3.63) is 77.4 Å². The van der Waals surface area contributed by atoms with Gasteiger partial charge in [0, 0.05) is 35.7 Å². The van der Waals surface area contributed by atoms with E-state index in [0.29, 0.717) is 29.7 Å². The molecule has 1 amide bonds. The lowest BCUT2D eigenvalue weighted by molar-refractivity contribution is 0.0767. The van der Waals surface area contributed by atoms with Gasteiger partial charge in [-0.05, 0) is 81.2 Å². The lowest BCUT2D eigenvalue weighted by Crippen LogP contribution is -2.48. The normalized spacial score (nSPS) is 18.1. The monoisotopic (exact) mass is 510 g/mol. The van der Waals surface area contributed by atoms with Gasteiger partial charge in [0.1, 0.15) is 12.4 Å². The number of likely N-dealkylation sites (tertiary alicyclic amines) is 1. The first kappa shape index (κ1) is 24.3. The molecule has 2 aromatic heterocycles. The Morgan fingerprint density at radius 3 is 2.71 bits per heavy atom. The largest absolute Gasteiger partial charge is 0.492 e. The van der Waals surface area contributed by atoms with E-state index in [1.165, 1.54) is 6.92 Å². The summed E-state index contributed by atoms with van der Waals surface area (Å²) in [5, 5.41) is 4.30. The second-order valence-electron chi connectivity index (χ2n) is 10.4. The van der Waals surface area contributed by atoms with Crippen molar-refractivity contribution in [1.82, 2.24) is 20.2 Å². The van der Waals surface area contributed by atoms with Crippen molar-refractivity contribution in [1.29, 1.82) is 0 Å². The molecular weight excluding hydrogens is 480 g/mol. The average molecular weight is 511 g/mol. The lowest BCUT2D eigenvalue weighted by Gasteiger charge is -2.37. The van der Waals surface area contributed by atoms with Gasteiger partial charge in [0.15, 0.2) is 5.76 Å². The van der Waals surface area contributed by atoms with Gasteiger partial charge < -0.3 is 14.5 Å². The average Bonchev–Trinajstić information content (AvgIpc) is 3.50. The molecule has 3 heterocycles. The van der Waals surface area contributed by atoms with Gasteiger partial charge in [-0.25, -0.2) is 4.98 Å². The highest BCUT2D eigenvalue weighted by Crippen LogP contribution is 2.49. The third kappa shape index (κ3) is 4.45. The summed E-state index contributed by atoms with van der Waals surface area (Å²) in [6.45, 7) is 5.07. The van der Waals surface area contributed by atoms with E-state index in [2.05, 4.69) is 27.2 Å². The predicted molar refractivity (Wildman–Crippen MR) is 143 cm³/mol. The highest BCUT2D eigenvalue weighted by atomic mass is 16.5. The maximum absolute atomic E-state index is 13.6. The number of nitrogens with zero attached hydrogens (tertiary/aromatic N) is 3. The molecule has 2 aliphatic rings. The molecule has 6 rings (SSSR count). The third-order valence-electron chi connectivity index (χ3n) is 7.76. The molecule has 1 atom stereocenters. The number of ketones is 1. The molecule has 1 aliphatic heterocycles. The van der Waals surface area contributed by atoms with E-state index in [4.69, 9.17) is 9.15 Å². The van der Waals surface area contributed by atoms with E-state index in [1.54, 1.807) is 12.4 Å². The minimum absolute atomic E-state index is 0.0682. The third-order valence-corrected chi connectivity index (χ3v) is 7.76. The van der Waals surface area contributed by atoms with Gasteiger partial charge in [-0.3, -0.25) is 19.5 Å². The first-order chi connectivity index (χ1) is 18.3. The zero-order chi connectivity index (χ0) is 26.4. The SMILES string of the molecule is CC(=O)c1ncc(-c2cc(C3(NC(=O)c4cc(OCC5CCN5C)ccc4C)CC3)c3cccnc3c2)o1. The number of nitrogens with one attached hydrogen (secondary N) is 1. The van der Waals surface area contributed by atoms with Gasteiger partial charge in [-0.1, -0.05) is 12.1 Å². The van der Waals surface area contributed by atoms with Crippen molar-refractivity contribution >= 4 is 22.6 Å². The zero-order valence-electron chi connectivity index (χ0n) is 21.8. The van der Waals surface area contributed by atoms with E-state index in [1.807, 2.05) is 49.4 Å². The summed E-state index contributed by atoms with van der Waals surface area (Å²) >= 11 is 0. The van der Waals surface area contributed by atoms with E-state index in [-0.39, 0.29) is 17.6 Å². The van der Waals surface area contributed by atoms with Crippen LogP contribution in [0.3, 0.4) is 0 Å². The minimum Gasteiger partial charge on any atom is -0.492 e. The molecule has 2 fully saturated rings. The minimum atomic E-state index is -0.518. The Kier molecular flexibility index (Phi) is 5.99. The Morgan fingerprint density at radius 1 is 1.18 bits per heavy atom. The molecule has 0 bridgehead atoms. The van der Waals surface area contributed by atoms with Crippen LogP contribution in [0.4, 0.5) is 0 Å². The summed E-state index contributed by atoms with van der Waals surface area (Å²) in [6, 6.07) is 14.0. The number of fused-ring (bicyclic) bond motifs is 1. The van der Waals surface area contributed by atoms with Crippen molar-refractivity contribution in [3.63, 3.8) is 0 Å². The summed E-state index contributed by atoms with van der Waals surface area (Å²) in [6.07, 6.45) is 6.05. The number of hydrogen-bond donors (Lipinski definition) is 1. The molecule has 194 valence electrons. The van der Waals surface area contributed by atoms with Crippen LogP contribution < -0.4 is 10.1 Å². The summed E-state index contributed by atoms with van der Waals surface area (Å²) < 4.78 is 11.7. The molecule has 1 unspecified atom stereocenters. The summed E-state index contributed by atoms with van der Waals surface area (Å²) in [7, 11) is 2.10. The number of aromatic nitrogens is 2. The van der Waals surface area contributed by atoms with Crippen molar-refractivity contribution in [3.8, 4) is 17.1 Å². The van der Waals surface area contributed by atoms with Crippen molar-refractivity contribution in [2.45, 2.75) is 44.7 Å². The fourth-order valence-corrected chi connectivity index (χ4v) is 5.07. The maximum atomic E-state index is 13.6. The van der Waals surface area contributed by atoms with Gasteiger partial charge in [0.05, 0.1) is 17.3 Å². The molecule has 1 N–H and O–H groups in total. The van der Waals surface area contributed by atoms with Crippen LogP contribution in [0.5, 0.6) is 5.75 Å². The fraction of sp³-hybridized carbons (Fsp3) is 0.333. The number of carbonyl (C=O) groups excluding carboxylic acids is 2. The van der Waals surface area contributed by atoms with E-state index >= 15 is 0 Å². The number of pyridine rings is 1. The van der Waals surface area contributed by atoms with E-state index in [9.17, 15) is 9.59 Å². The number of aryl methyl sites for hydroxylation is 1. The van der Waals surface area contributed by atoms with Crippen LogP contribution in [0.15, 0.2) is 59.3 Å². The van der Waals surface area contributed by atoms with Gasteiger partial charge in [-0.15, -0.1) is 0 Å². The summed E-state index contributed by atoms with van der Waals surface area (Å²) in [5.74, 6) is 0.895. The number of Topliss-reactive ketones (excluding diaryl/α,β-unsaturated/α-hetero) is 1. The number of likely N-dealkylation sites (N-methyl/N-ethyl adjacent to an activating group) is 1. The van der Waals surface area contributed by atoms with Crippen molar-refractivity contribution < 1.29 is 18.7 Å². The summed E-state index contributed by atoms with van der Waals surface area (Å²) in [5.41, 5.74) is 3.51. The Balaban J connectivity index is 1.30. The number of benzene rings is 2. The van der Waals surface area contributed by atoms with Crippen molar-refractivity contribution in [2.75, 3.05) is 20.2 Å². The van der Waals surface area contributed by atoms with Crippen LogP contribution >= 0.6 is 0 Å². The number of carbonyl (C=O) groups is 2. The maximum Gasteiger partial charge on any atom is 0.263 e. The van der Waals surface area contributed by atoms with Gasteiger partial charge >= 0.3 is 0 Å². The first-order valence-corrected chi connectivity index (χ1v) is 13.0. The Hall–Kier alpha value is -4.04. The van der Waals surface area contributed by atoms with Gasteiger partial charge in [0.2, 0.25) is 5.78 Å². The number of hydrogen-bond acceptors (Lipinski definition) is 7. The smallest absolute Gasteiger partial charge is 0.263 e. The topological polar surface area (TPSA) is 97.6 Å². The molecule has 4 aromatic rings. The number of amides is 1. The van der Waals surface area contributed by atoms with Crippen LogP contribution in [0.1, 0.15) is 58.4 Å². The van der Waals surface area contributed by atoms with Crippen LogP contribution in [-0.2, 0) is 5.54 Å². The fourth-order valence-electron chi connectivity index (χ4n) is 5.07. The number of rotatable bonds is 8. The number of oxazole rings is 1. The Bertz CT molecular complexity index is 1560. The van der Waals surface area contributed by atoms with Crippen LogP contribution in [-0.4, -0.2) is 52.8 Å². The highest BCUT2D eigenvalue weighted by Gasteiger charge is 2.47. The number of ether oxygens (including phenoxy) is 1. The molecule has 8 nitrogen and oxygen atoms in total. The van der Waals surface area contributed by atoms with Crippen LogP contribution in [0.2, 0.25) is 0 Å². The molecule has 1 saturated carbocycles. The molecule has 8 heteroatoms. The molecule has 1 saturated heterocycles. The van der Waals surface area contributed by atoms with Crippen LogP contribution in [0, 0.1) is 6.92 Å². The Labute approximate surface area is 221 Å². The molecular formula is C30H30N4O4. The molecule has 38 heavy (non-hydrogen) atoms. The quantitative estimate of drug-likeness (QED) is 0.337. The predicted octanol–water partition coefficient (Wildman–Crippen LogP) is 4.90. The van der Waals surface area contributed by atoms with Gasteiger partial charge in [0.25, 0.3) is 11.8 Å². The second-order valence-corrected chi connectivity index (χ2v) is 10.4. The van der Waals surface area contributed by atoms with Crippen LogP contribution in [0.25, 0.3) is 22.2 Å². The second kappa shape index (κ2) is 9.36. The Morgan fingerprint density at radius 2 is 2.03 bits per heavy atom. The zero-order valence-corrected chi connectivity index (χ0v) is 21.8. The molecule has 2 aromatic carbocycles. The van der Waals surface area contributed by atoms with Crippen molar-refractivity contribution in [2.24, 2.45) is 0 Å². The first-order valence-electron chi connectivity index (χ1n) is 13.0. The lowest BCUT2D eigenvalue weighted by atomic mass is 9.95. The molecule has 0 radical (unpaired) electrons. The standard InChI is InChI=1S/C30H30N4O4/c1-18-6-7-22(37-17-21-8-12-34(21)3)15-24(18)28(36)33-30(9-10-30)25-13-20(14-26-23(25)5-4-11-31-26)27-16-32-29(38-27)19(2)35/h4-7,11,13-16,21H,8-10,12,17H2,1-3H3,(H,33,36). The molecule has 0 spiro atoms. The highest BCUT2D eigenvalue weighted by molar-refractivity contribution is 5.98.